The van der Waals surface area contributed by atoms with Crippen molar-refractivity contribution in [1.29, 1.82) is 0 Å². The summed E-state index contributed by atoms with van der Waals surface area (Å²) >= 11 is 1.66. The van der Waals surface area contributed by atoms with Crippen LogP contribution in [0.3, 0.4) is 0 Å². The lowest BCUT2D eigenvalue weighted by Crippen LogP contribution is -2.53. The number of halogens is 2. The number of likely N-dealkylation sites (N-methyl/N-ethyl adjacent to an activating group) is 1. The zero-order valence-corrected chi connectivity index (χ0v) is 19.1. The van der Waals surface area contributed by atoms with E-state index in [1.165, 1.54) is 23.1 Å². The topological polar surface area (TPSA) is 30.9 Å². The Balaban J connectivity index is 1.42. The van der Waals surface area contributed by atoms with E-state index in [2.05, 4.69) is 35.2 Å². The van der Waals surface area contributed by atoms with Gasteiger partial charge in [0.05, 0.1) is 16.9 Å². The lowest BCUT2D eigenvalue weighted by Gasteiger charge is -2.41. The first kappa shape index (κ1) is 21.1. The van der Waals surface area contributed by atoms with Gasteiger partial charge in [0, 0.05) is 30.6 Å². The summed E-state index contributed by atoms with van der Waals surface area (Å²) in [5.41, 5.74) is 3.54. The van der Waals surface area contributed by atoms with E-state index in [1.54, 1.807) is 29.5 Å². The van der Waals surface area contributed by atoms with Crippen LogP contribution in [0.15, 0.2) is 53.5 Å². The summed E-state index contributed by atoms with van der Waals surface area (Å²) in [5, 5.41) is 4.40. The van der Waals surface area contributed by atoms with E-state index >= 15 is 0 Å². The Kier molecular flexibility index (Phi) is 5.69. The summed E-state index contributed by atoms with van der Waals surface area (Å²) in [4.78, 5) is 10.9. The number of nitrogens with one attached hydrogen (secondary N) is 1. The molecule has 1 saturated heterocycles. The van der Waals surface area contributed by atoms with Crippen molar-refractivity contribution in [1.82, 2.24) is 9.80 Å². The Morgan fingerprint density at radius 1 is 1.09 bits per heavy atom. The van der Waals surface area contributed by atoms with Gasteiger partial charge in [-0.15, -0.1) is 11.3 Å². The average Bonchev–Trinajstić information content (AvgIpc) is 3.05. The van der Waals surface area contributed by atoms with Crippen molar-refractivity contribution in [3.8, 4) is 0 Å². The molecule has 0 radical (unpaired) electrons. The summed E-state index contributed by atoms with van der Waals surface area (Å²) in [6.45, 7) is 4.72. The summed E-state index contributed by atoms with van der Waals surface area (Å²) in [5.74, 6) is 0.477. The molecule has 1 aromatic heterocycles. The highest BCUT2D eigenvalue weighted by Gasteiger charge is 2.30. The molecular weight excluding hydrogens is 426 g/mol. The highest BCUT2D eigenvalue weighted by Crippen LogP contribution is 2.39. The minimum atomic E-state index is -0.276. The molecule has 1 N–H and O–H groups in total. The largest absolute Gasteiger partial charge is 0.353 e. The summed E-state index contributed by atoms with van der Waals surface area (Å²) in [7, 11) is 2.16. The molecule has 4 nitrogen and oxygen atoms in total. The molecule has 5 rings (SSSR count). The quantitative estimate of drug-likeness (QED) is 0.552. The second kappa shape index (κ2) is 8.64. The van der Waals surface area contributed by atoms with Gasteiger partial charge in [-0.25, -0.2) is 13.8 Å². The van der Waals surface area contributed by atoms with Crippen molar-refractivity contribution in [2.45, 2.75) is 25.8 Å². The molecule has 1 atom stereocenters. The molecule has 0 saturated carbocycles. The van der Waals surface area contributed by atoms with Crippen LogP contribution in [0.5, 0.6) is 0 Å². The van der Waals surface area contributed by atoms with Crippen molar-refractivity contribution in [3.63, 3.8) is 0 Å². The molecule has 32 heavy (non-hydrogen) atoms. The van der Waals surface area contributed by atoms with Crippen LogP contribution in [0.4, 0.5) is 25.2 Å². The standard InChI is InChI=1S/C25H26F2N4S/c1-16-12-21-24(28-22-9-7-19(27)14-23(22)29-25(21)32-16)31-11-10-30(2)20(15-31)8-6-17-4-3-5-18(26)13-17/h3-5,7,9,12-14,20,29H,6,8,10-11,15H2,1-2H3/t20-/m0/s1. The number of piperazine rings is 1. The molecule has 2 aliphatic rings. The maximum absolute atomic E-state index is 13.9. The van der Waals surface area contributed by atoms with Gasteiger partial charge in [0.15, 0.2) is 0 Å². The second-order valence-electron chi connectivity index (χ2n) is 8.57. The SMILES string of the molecule is Cc1cc2c(s1)Nc1cc(F)ccc1N=C2N1CCN(C)[C@@H](CCc2cccc(F)c2)C1. The number of aryl methyl sites for hydroxylation is 2. The zero-order valence-electron chi connectivity index (χ0n) is 18.2. The van der Waals surface area contributed by atoms with Crippen molar-refractivity contribution in [2.24, 2.45) is 4.99 Å². The number of nitrogens with zero attached hydrogens (tertiary/aromatic N) is 3. The molecule has 0 amide bonds. The van der Waals surface area contributed by atoms with E-state index in [-0.39, 0.29) is 11.6 Å². The number of fused-ring (bicyclic) bond motifs is 2. The molecule has 2 aliphatic heterocycles. The van der Waals surface area contributed by atoms with Crippen molar-refractivity contribution >= 4 is 33.5 Å². The van der Waals surface area contributed by atoms with Gasteiger partial charge < -0.3 is 10.2 Å². The first-order valence-electron chi connectivity index (χ1n) is 10.9. The summed E-state index contributed by atoms with van der Waals surface area (Å²) in [6.07, 6.45) is 1.78. The van der Waals surface area contributed by atoms with Crippen LogP contribution in [0.1, 0.15) is 22.4 Å². The number of rotatable bonds is 3. The lowest BCUT2D eigenvalue weighted by atomic mass is 10.0. The number of anilines is 2. The molecule has 7 heteroatoms. The molecule has 166 valence electrons. The van der Waals surface area contributed by atoms with E-state index < -0.39 is 0 Å². The van der Waals surface area contributed by atoms with Gasteiger partial charge in [-0.3, -0.25) is 4.90 Å². The van der Waals surface area contributed by atoms with Crippen molar-refractivity contribution in [2.75, 3.05) is 32.0 Å². The van der Waals surface area contributed by atoms with E-state index in [9.17, 15) is 8.78 Å². The molecule has 0 unspecified atom stereocenters. The fourth-order valence-corrected chi connectivity index (χ4v) is 5.41. The zero-order chi connectivity index (χ0) is 22.2. The van der Waals surface area contributed by atoms with Crippen LogP contribution >= 0.6 is 11.3 Å². The first-order chi connectivity index (χ1) is 15.5. The van der Waals surface area contributed by atoms with Gasteiger partial charge in [0.25, 0.3) is 0 Å². The van der Waals surface area contributed by atoms with Crippen LogP contribution in [0, 0.1) is 18.6 Å². The molecule has 0 aliphatic carbocycles. The van der Waals surface area contributed by atoms with E-state index in [1.807, 2.05) is 6.07 Å². The van der Waals surface area contributed by atoms with Gasteiger partial charge in [0.2, 0.25) is 0 Å². The monoisotopic (exact) mass is 452 g/mol. The van der Waals surface area contributed by atoms with E-state index in [0.717, 1.165) is 60.1 Å². The van der Waals surface area contributed by atoms with E-state index in [0.29, 0.717) is 11.7 Å². The van der Waals surface area contributed by atoms with Gasteiger partial charge >= 0.3 is 0 Å². The number of amidine groups is 1. The van der Waals surface area contributed by atoms with Crippen LogP contribution in [-0.4, -0.2) is 48.4 Å². The molecule has 1 fully saturated rings. The Bertz CT molecular complexity index is 1170. The second-order valence-corrected chi connectivity index (χ2v) is 9.83. The molecular formula is C25H26F2N4S. The Labute approximate surface area is 191 Å². The Morgan fingerprint density at radius 3 is 2.78 bits per heavy atom. The predicted molar refractivity (Wildman–Crippen MR) is 128 cm³/mol. The maximum atomic E-state index is 13.9. The molecule has 0 spiro atoms. The highest BCUT2D eigenvalue weighted by molar-refractivity contribution is 7.16. The molecule has 0 bridgehead atoms. The van der Waals surface area contributed by atoms with Gasteiger partial charge in [-0.05, 0) is 68.8 Å². The minimum Gasteiger partial charge on any atom is -0.353 e. The third-order valence-electron chi connectivity index (χ3n) is 6.26. The normalized spacial score (nSPS) is 18.4. The fraction of sp³-hybridized carbons (Fsp3) is 0.320. The van der Waals surface area contributed by atoms with Gasteiger partial charge in [0.1, 0.15) is 22.5 Å². The van der Waals surface area contributed by atoms with Crippen molar-refractivity contribution in [3.05, 3.63) is 76.2 Å². The lowest BCUT2D eigenvalue weighted by molar-refractivity contribution is 0.134. The number of aliphatic imine (C=N–C) groups is 1. The van der Waals surface area contributed by atoms with Crippen LogP contribution in [0.2, 0.25) is 0 Å². The molecule has 3 aromatic rings. The third kappa shape index (κ3) is 4.27. The first-order valence-corrected chi connectivity index (χ1v) is 11.7. The average molecular weight is 453 g/mol. The Morgan fingerprint density at radius 2 is 1.94 bits per heavy atom. The predicted octanol–water partition coefficient (Wildman–Crippen LogP) is 5.72. The van der Waals surface area contributed by atoms with E-state index in [4.69, 9.17) is 4.99 Å². The van der Waals surface area contributed by atoms with Crippen LogP contribution < -0.4 is 5.32 Å². The number of hydrogen-bond acceptors (Lipinski definition) is 5. The summed E-state index contributed by atoms with van der Waals surface area (Å²) in [6, 6.07) is 14.1. The number of benzene rings is 2. The number of hydrogen-bond donors (Lipinski definition) is 1. The smallest absolute Gasteiger partial charge is 0.139 e. The minimum absolute atomic E-state index is 0.183. The fourth-order valence-electron chi connectivity index (χ4n) is 4.49. The Hall–Kier alpha value is -2.77. The third-order valence-corrected chi connectivity index (χ3v) is 7.23. The van der Waals surface area contributed by atoms with Crippen LogP contribution in [0.25, 0.3) is 0 Å². The number of thiophene rings is 1. The van der Waals surface area contributed by atoms with Gasteiger partial charge in [-0.2, -0.15) is 0 Å². The molecule has 2 aromatic carbocycles. The van der Waals surface area contributed by atoms with Gasteiger partial charge in [-0.1, -0.05) is 12.1 Å². The van der Waals surface area contributed by atoms with Crippen molar-refractivity contribution < 1.29 is 8.78 Å². The maximum Gasteiger partial charge on any atom is 0.139 e. The summed E-state index contributed by atoms with van der Waals surface area (Å²) < 4.78 is 27.5. The highest BCUT2D eigenvalue weighted by atomic mass is 32.1. The van der Waals surface area contributed by atoms with Crippen LogP contribution in [-0.2, 0) is 6.42 Å². The molecule has 3 heterocycles.